The Morgan fingerprint density at radius 1 is 1.17 bits per heavy atom. The van der Waals surface area contributed by atoms with Gasteiger partial charge in [0.15, 0.2) is 0 Å². The number of fused-ring (bicyclic) bond motifs is 1. The zero-order valence-corrected chi connectivity index (χ0v) is 19.2. The van der Waals surface area contributed by atoms with Crippen LogP contribution in [0.15, 0.2) is 69.5 Å². The average Bonchev–Trinajstić information content (AvgIpc) is 3.07. The van der Waals surface area contributed by atoms with Gasteiger partial charge in [0.2, 0.25) is 5.78 Å². The van der Waals surface area contributed by atoms with Gasteiger partial charge in [-0.2, -0.15) is 5.26 Å². The molecular formula is C22H20BrN3O3S. The van der Waals surface area contributed by atoms with Crippen molar-refractivity contribution in [3.63, 3.8) is 0 Å². The second-order valence-electron chi connectivity index (χ2n) is 7.14. The third-order valence-corrected chi connectivity index (χ3v) is 6.78. The number of rotatable bonds is 6. The number of aromatic nitrogens is 1. The molecule has 2 aromatic carbocycles. The van der Waals surface area contributed by atoms with Crippen molar-refractivity contribution in [3.05, 3.63) is 75.9 Å². The monoisotopic (exact) mass is 485 g/mol. The number of nitrogens with zero attached hydrogens (tertiary/aromatic N) is 3. The number of benzene rings is 2. The SMILES string of the molecule is Cc1ccc(S(=O)(=O)n2c(C(=O)C(C#N)=CCN(C)C)cc3ccc(Br)cc32)cc1. The number of carbonyl (C=O) groups is 1. The molecule has 0 saturated heterocycles. The van der Waals surface area contributed by atoms with E-state index in [-0.39, 0.29) is 16.2 Å². The van der Waals surface area contributed by atoms with E-state index in [1.165, 1.54) is 24.3 Å². The van der Waals surface area contributed by atoms with Crippen molar-refractivity contribution in [1.82, 2.24) is 8.87 Å². The van der Waals surface area contributed by atoms with E-state index in [1.54, 1.807) is 35.2 Å². The summed E-state index contributed by atoms with van der Waals surface area (Å²) in [6, 6.07) is 15.0. The lowest BCUT2D eigenvalue weighted by molar-refractivity contribution is 0.103. The van der Waals surface area contributed by atoms with Gasteiger partial charge in [-0.3, -0.25) is 4.79 Å². The third-order valence-electron chi connectivity index (χ3n) is 4.54. The molecule has 6 nitrogen and oxygen atoms in total. The summed E-state index contributed by atoms with van der Waals surface area (Å²) in [7, 11) is -0.453. The van der Waals surface area contributed by atoms with E-state index in [1.807, 2.05) is 27.1 Å². The number of nitriles is 1. The summed E-state index contributed by atoms with van der Waals surface area (Å²) in [4.78, 5) is 15.1. The van der Waals surface area contributed by atoms with Gasteiger partial charge in [0.1, 0.15) is 11.8 Å². The second kappa shape index (κ2) is 8.56. The first-order valence-corrected chi connectivity index (χ1v) is 11.3. The first-order valence-electron chi connectivity index (χ1n) is 9.08. The van der Waals surface area contributed by atoms with Crippen molar-refractivity contribution in [2.24, 2.45) is 0 Å². The lowest BCUT2D eigenvalue weighted by Crippen LogP contribution is -2.20. The van der Waals surface area contributed by atoms with Gasteiger partial charge < -0.3 is 4.90 Å². The number of carbonyl (C=O) groups excluding carboxylic acids is 1. The molecule has 30 heavy (non-hydrogen) atoms. The minimum atomic E-state index is -4.08. The lowest BCUT2D eigenvalue weighted by Gasteiger charge is -2.12. The van der Waals surface area contributed by atoms with Crippen LogP contribution >= 0.6 is 15.9 Å². The quantitative estimate of drug-likeness (QED) is 0.297. The van der Waals surface area contributed by atoms with E-state index in [9.17, 15) is 18.5 Å². The second-order valence-corrected chi connectivity index (χ2v) is 9.84. The predicted octanol–water partition coefficient (Wildman–Crippen LogP) is 4.14. The van der Waals surface area contributed by atoms with Crippen LogP contribution in [0.2, 0.25) is 0 Å². The average molecular weight is 486 g/mol. The Morgan fingerprint density at radius 3 is 2.43 bits per heavy atom. The molecule has 0 aliphatic carbocycles. The summed E-state index contributed by atoms with van der Waals surface area (Å²) in [6.07, 6.45) is 1.50. The lowest BCUT2D eigenvalue weighted by atomic mass is 10.1. The Hall–Kier alpha value is -2.73. The van der Waals surface area contributed by atoms with E-state index in [0.29, 0.717) is 21.9 Å². The van der Waals surface area contributed by atoms with Crippen LogP contribution in [0, 0.1) is 18.3 Å². The van der Waals surface area contributed by atoms with Gasteiger partial charge in [0, 0.05) is 16.4 Å². The summed E-state index contributed by atoms with van der Waals surface area (Å²) >= 11 is 3.37. The van der Waals surface area contributed by atoms with Gasteiger partial charge in [-0.05, 0) is 57.4 Å². The van der Waals surface area contributed by atoms with Crippen molar-refractivity contribution in [2.75, 3.05) is 20.6 Å². The van der Waals surface area contributed by atoms with Crippen molar-refractivity contribution >= 4 is 42.6 Å². The Balaban J connectivity index is 2.28. The van der Waals surface area contributed by atoms with Crippen molar-refractivity contribution in [3.8, 4) is 6.07 Å². The highest BCUT2D eigenvalue weighted by Gasteiger charge is 2.28. The summed E-state index contributed by atoms with van der Waals surface area (Å²) in [5, 5.41) is 10.1. The Kier molecular flexibility index (Phi) is 6.27. The molecule has 0 aliphatic heterocycles. The molecule has 8 heteroatoms. The molecule has 3 aromatic rings. The fourth-order valence-electron chi connectivity index (χ4n) is 2.98. The predicted molar refractivity (Wildman–Crippen MR) is 120 cm³/mol. The topological polar surface area (TPSA) is 83.2 Å². The number of Topliss-reactive ketones (excluding diaryl/α,β-unsaturated/α-hetero) is 1. The molecule has 0 unspecified atom stereocenters. The van der Waals surface area contributed by atoms with Crippen LogP contribution in [0.4, 0.5) is 0 Å². The first kappa shape index (κ1) is 22.0. The molecule has 0 saturated carbocycles. The molecule has 0 fully saturated rings. The number of allylic oxidation sites excluding steroid dienone is 1. The molecule has 0 bridgehead atoms. The van der Waals surface area contributed by atoms with Gasteiger partial charge in [0.25, 0.3) is 10.0 Å². The normalized spacial score (nSPS) is 12.3. The van der Waals surface area contributed by atoms with Gasteiger partial charge in [-0.25, -0.2) is 12.4 Å². The summed E-state index contributed by atoms with van der Waals surface area (Å²) in [5.74, 6) is -0.637. The highest BCUT2D eigenvalue weighted by Crippen LogP contribution is 2.29. The van der Waals surface area contributed by atoms with Gasteiger partial charge in [-0.1, -0.05) is 39.7 Å². The van der Waals surface area contributed by atoms with Crippen molar-refractivity contribution in [2.45, 2.75) is 11.8 Å². The van der Waals surface area contributed by atoms with E-state index in [0.717, 1.165) is 9.54 Å². The largest absolute Gasteiger partial charge is 0.306 e. The highest BCUT2D eigenvalue weighted by molar-refractivity contribution is 9.10. The summed E-state index contributed by atoms with van der Waals surface area (Å²) in [5.41, 5.74) is 1.10. The molecule has 0 amide bonds. The standard InChI is InChI=1S/C22H20BrN3O3S/c1-15-4-8-19(9-5-15)30(28,29)26-20-13-18(23)7-6-16(20)12-21(26)22(27)17(14-24)10-11-25(2)3/h4-10,12-13H,11H2,1-3H3. The Morgan fingerprint density at radius 2 is 1.83 bits per heavy atom. The Bertz CT molecular complexity index is 1300. The van der Waals surface area contributed by atoms with Crippen LogP contribution in [0.5, 0.6) is 0 Å². The highest BCUT2D eigenvalue weighted by atomic mass is 79.9. The molecule has 0 aliphatic rings. The van der Waals surface area contributed by atoms with Gasteiger partial charge in [-0.15, -0.1) is 0 Å². The number of halogens is 1. The van der Waals surface area contributed by atoms with E-state index in [4.69, 9.17) is 0 Å². The summed E-state index contributed by atoms with van der Waals surface area (Å²) < 4.78 is 28.7. The van der Waals surface area contributed by atoms with E-state index < -0.39 is 15.8 Å². The molecule has 3 rings (SSSR count). The molecule has 0 N–H and O–H groups in total. The minimum Gasteiger partial charge on any atom is -0.306 e. The van der Waals surface area contributed by atoms with Gasteiger partial charge >= 0.3 is 0 Å². The maximum atomic E-state index is 13.5. The number of ketones is 1. The van der Waals surface area contributed by atoms with Crippen LogP contribution < -0.4 is 0 Å². The van der Waals surface area contributed by atoms with Crippen LogP contribution in [-0.4, -0.2) is 43.7 Å². The third kappa shape index (κ3) is 4.24. The minimum absolute atomic E-state index is 0.0652. The maximum absolute atomic E-state index is 13.5. The molecule has 1 heterocycles. The zero-order valence-electron chi connectivity index (χ0n) is 16.8. The van der Waals surface area contributed by atoms with Crippen molar-refractivity contribution < 1.29 is 13.2 Å². The number of aryl methyl sites for hydroxylation is 1. The summed E-state index contributed by atoms with van der Waals surface area (Å²) in [6.45, 7) is 2.24. The number of hydrogen-bond acceptors (Lipinski definition) is 5. The molecular weight excluding hydrogens is 466 g/mol. The maximum Gasteiger partial charge on any atom is 0.268 e. The van der Waals surface area contributed by atoms with Crippen LogP contribution in [0.1, 0.15) is 16.1 Å². The Labute approximate surface area is 184 Å². The smallest absolute Gasteiger partial charge is 0.268 e. The fourth-order valence-corrected chi connectivity index (χ4v) is 4.84. The zero-order chi connectivity index (χ0) is 22.1. The fraction of sp³-hybridized carbons (Fsp3) is 0.182. The molecule has 1 aromatic heterocycles. The van der Waals surface area contributed by atoms with Crippen LogP contribution in [0.25, 0.3) is 10.9 Å². The van der Waals surface area contributed by atoms with Gasteiger partial charge in [0.05, 0.1) is 16.0 Å². The van der Waals surface area contributed by atoms with Crippen LogP contribution in [-0.2, 0) is 10.0 Å². The van der Waals surface area contributed by atoms with Crippen LogP contribution in [0.3, 0.4) is 0 Å². The molecule has 154 valence electrons. The molecule has 0 radical (unpaired) electrons. The van der Waals surface area contributed by atoms with Crippen molar-refractivity contribution in [1.29, 1.82) is 5.26 Å². The van der Waals surface area contributed by atoms with E-state index >= 15 is 0 Å². The first-order chi connectivity index (χ1) is 14.1. The molecule has 0 atom stereocenters. The number of hydrogen-bond donors (Lipinski definition) is 0. The number of likely N-dealkylation sites (N-methyl/N-ethyl adjacent to an activating group) is 1. The molecule has 0 spiro atoms. The van der Waals surface area contributed by atoms with E-state index in [2.05, 4.69) is 15.9 Å².